The molecule has 4 unspecified atom stereocenters. The zero-order valence-corrected chi connectivity index (χ0v) is 27.9. The lowest BCUT2D eigenvalue weighted by Gasteiger charge is -2.45. The van der Waals surface area contributed by atoms with Crippen LogP contribution in [0.15, 0.2) is 9.98 Å². The second kappa shape index (κ2) is 20.4. The molecule has 0 aromatic carbocycles. The second-order valence-corrected chi connectivity index (χ2v) is 14.1. The first-order chi connectivity index (χ1) is 21.7. The Labute approximate surface area is 271 Å². The summed E-state index contributed by atoms with van der Waals surface area (Å²) in [5, 5.41) is 5.33. The van der Waals surface area contributed by atoms with Crippen molar-refractivity contribution in [2.75, 3.05) is 40.1 Å². The van der Waals surface area contributed by atoms with Gasteiger partial charge in [-0.15, -0.1) is 0 Å². The maximum Gasteiger partial charge on any atom is 0.409 e. The molecular formula is C30H48F6N4O7. The van der Waals surface area contributed by atoms with E-state index in [0.29, 0.717) is 19.5 Å². The summed E-state index contributed by atoms with van der Waals surface area (Å²) < 4.78 is 76.0. The van der Waals surface area contributed by atoms with Crippen LogP contribution in [-0.4, -0.2) is 82.4 Å². The van der Waals surface area contributed by atoms with Crippen molar-refractivity contribution in [3.05, 3.63) is 0 Å². The topological polar surface area (TPSA) is 145 Å². The summed E-state index contributed by atoms with van der Waals surface area (Å²) in [4.78, 5) is 53.6. The van der Waals surface area contributed by atoms with Crippen molar-refractivity contribution in [3.8, 4) is 0 Å². The average Bonchev–Trinajstić information content (AvgIpc) is 2.90. The van der Waals surface area contributed by atoms with E-state index in [4.69, 9.17) is 0 Å². The number of aliphatic imine (C=N–C) groups is 2. The number of isocyanates is 2. The van der Waals surface area contributed by atoms with Gasteiger partial charge >= 0.3 is 12.2 Å². The van der Waals surface area contributed by atoms with Crippen molar-refractivity contribution in [1.29, 1.82) is 0 Å². The molecule has 2 N–H and O–H groups in total. The van der Waals surface area contributed by atoms with Gasteiger partial charge in [-0.05, 0) is 64.7 Å². The number of ether oxygens (including phenoxy) is 2. The van der Waals surface area contributed by atoms with E-state index < -0.39 is 39.2 Å². The van der Waals surface area contributed by atoms with Gasteiger partial charge < -0.3 is 15.4 Å². The number of halogens is 6. The Hall–Kier alpha value is -3.00. The van der Waals surface area contributed by atoms with Crippen molar-refractivity contribution in [2.45, 2.75) is 105 Å². The number of alkyl halides is 5. The van der Waals surface area contributed by atoms with Crippen LogP contribution in [0.4, 0.5) is 31.3 Å². The highest BCUT2D eigenvalue weighted by Crippen LogP contribution is 2.47. The zero-order valence-electron chi connectivity index (χ0n) is 27.9. The molecule has 0 bridgehead atoms. The lowest BCUT2D eigenvalue weighted by Crippen LogP contribution is -2.44. The van der Waals surface area contributed by atoms with E-state index in [2.05, 4.69) is 69.7 Å². The fourth-order valence-electron chi connectivity index (χ4n) is 6.82. The average molecular weight is 691 g/mol. The Bertz CT molecular complexity index is 993. The molecule has 2 saturated carbocycles. The minimum absolute atomic E-state index is 0.0314. The fraction of sp³-hybridized carbons (Fsp3) is 0.867. The van der Waals surface area contributed by atoms with Gasteiger partial charge in [-0.3, -0.25) is 13.9 Å². The first kappa shape index (κ1) is 44.0. The number of hydrogen-bond acceptors (Lipinski definition) is 9. The first-order valence-corrected chi connectivity index (χ1v) is 15.0. The summed E-state index contributed by atoms with van der Waals surface area (Å²) in [6, 6.07) is -0.116. The normalized spacial score (nSPS) is 26.0. The van der Waals surface area contributed by atoms with Gasteiger partial charge in [0.15, 0.2) is 13.5 Å². The standard InChI is InChI=1S/C14H23FN2O2.C13H21FN2O3.C3H4F4O2/c1-13(2)6-11(17-10-18)7-14(3,8-13)9-16-12(19)4-5-15;1-12(2)4-10(16-9-17)5-13(3,6-12)7-15-11(18)19-8-14;4-2-8-3(5,6)1-9-7/h11H,4-9H2,1-3H3,(H,16,19);10H,4-8H2,1-3H3,(H,15,18);1-2H2. The van der Waals surface area contributed by atoms with E-state index in [1.54, 1.807) is 12.2 Å². The van der Waals surface area contributed by atoms with Crippen molar-refractivity contribution in [3.63, 3.8) is 0 Å². The minimum atomic E-state index is -3.87. The van der Waals surface area contributed by atoms with Crippen LogP contribution in [0.2, 0.25) is 0 Å². The van der Waals surface area contributed by atoms with E-state index in [1.165, 1.54) is 0 Å². The summed E-state index contributed by atoms with van der Waals surface area (Å²) in [5.41, 5.74) is -0.201. The van der Waals surface area contributed by atoms with Crippen LogP contribution in [0.3, 0.4) is 0 Å². The molecule has 47 heavy (non-hydrogen) atoms. The first-order valence-electron chi connectivity index (χ1n) is 15.0. The molecule has 2 aliphatic rings. The number of nitrogens with one attached hydrogen (secondary N) is 2. The molecular weight excluding hydrogens is 642 g/mol. The van der Waals surface area contributed by atoms with Gasteiger partial charge in [-0.1, -0.05) is 41.5 Å². The van der Waals surface area contributed by atoms with Gasteiger partial charge in [-0.25, -0.2) is 33.1 Å². The maximum absolute atomic E-state index is 12.1. The molecule has 0 aromatic heterocycles. The Kier molecular flexibility index (Phi) is 19.1. The number of amides is 2. The van der Waals surface area contributed by atoms with Gasteiger partial charge in [0.05, 0.1) is 25.2 Å². The van der Waals surface area contributed by atoms with Gasteiger partial charge in [0, 0.05) is 13.1 Å². The summed E-state index contributed by atoms with van der Waals surface area (Å²) >= 11 is 0. The van der Waals surface area contributed by atoms with Crippen molar-refractivity contribution >= 4 is 24.2 Å². The van der Waals surface area contributed by atoms with Crippen LogP contribution in [0.25, 0.3) is 0 Å². The Morgan fingerprint density at radius 3 is 1.66 bits per heavy atom. The number of rotatable bonds is 13. The van der Waals surface area contributed by atoms with Crippen LogP contribution in [-0.2, 0) is 28.8 Å². The zero-order chi connectivity index (χ0) is 36.4. The molecule has 0 aromatic rings. The summed E-state index contributed by atoms with van der Waals surface area (Å²) in [6.45, 7) is 8.46. The molecule has 4 atom stereocenters. The van der Waals surface area contributed by atoms with E-state index in [9.17, 15) is 45.7 Å². The van der Waals surface area contributed by atoms with Crippen LogP contribution in [0, 0.1) is 21.7 Å². The minimum Gasteiger partial charge on any atom is -0.418 e. The third-order valence-corrected chi connectivity index (χ3v) is 7.68. The highest BCUT2D eigenvalue weighted by molar-refractivity contribution is 5.76. The third-order valence-electron chi connectivity index (χ3n) is 7.68. The van der Waals surface area contributed by atoms with Crippen molar-refractivity contribution in [2.24, 2.45) is 31.6 Å². The lowest BCUT2D eigenvalue weighted by atomic mass is 9.62. The molecule has 2 aliphatic carbocycles. The van der Waals surface area contributed by atoms with Crippen molar-refractivity contribution < 1.29 is 60.1 Å². The van der Waals surface area contributed by atoms with Crippen LogP contribution >= 0.6 is 0 Å². The Morgan fingerprint density at radius 1 is 0.809 bits per heavy atom. The molecule has 0 aliphatic heterocycles. The van der Waals surface area contributed by atoms with Gasteiger partial charge in [-0.2, -0.15) is 13.7 Å². The smallest absolute Gasteiger partial charge is 0.409 e. The molecule has 0 saturated heterocycles. The summed E-state index contributed by atoms with van der Waals surface area (Å²) in [6.07, 6.45) is 3.49. The largest absolute Gasteiger partial charge is 0.418 e. The quantitative estimate of drug-likeness (QED) is 0.130. The second-order valence-electron chi connectivity index (χ2n) is 14.1. The summed E-state index contributed by atoms with van der Waals surface area (Å²) in [5.74, 6) is -0.262. The maximum atomic E-state index is 12.1. The molecule has 0 radical (unpaired) electrons. The molecule has 17 heteroatoms. The predicted octanol–water partition coefficient (Wildman–Crippen LogP) is 6.37. The van der Waals surface area contributed by atoms with Gasteiger partial charge in [0.1, 0.15) is 0 Å². The van der Waals surface area contributed by atoms with Gasteiger partial charge in [0.2, 0.25) is 24.9 Å². The number of hydrogen-bond donors (Lipinski definition) is 2. The SMILES string of the molecule is CC1(C)CC(N=C=O)CC(C)(CNC(=O)CCF)C1.CC1(C)CC(N=C=O)CC(C)(CNC(=O)OCF)C1.FCOC(F)(F)COF. The van der Waals surface area contributed by atoms with Crippen molar-refractivity contribution in [1.82, 2.24) is 10.6 Å². The van der Waals surface area contributed by atoms with E-state index in [0.717, 1.165) is 32.1 Å². The lowest BCUT2D eigenvalue weighted by molar-refractivity contribution is -0.312. The van der Waals surface area contributed by atoms with E-state index in [-0.39, 0.29) is 46.1 Å². The summed E-state index contributed by atoms with van der Waals surface area (Å²) in [7, 11) is 0. The van der Waals surface area contributed by atoms with E-state index >= 15 is 0 Å². The van der Waals surface area contributed by atoms with E-state index in [1.807, 2.05) is 6.92 Å². The number of nitrogens with zero attached hydrogens (tertiary/aromatic N) is 2. The van der Waals surface area contributed by atoms with Gasteiger partial charge in [0.25, 0.3) is 0 Å². The number of alkyl carbamates (subject to hydrolysis) is 1. The molecule has 2 amide bonds. The molecule has 2 fully saturated rings. The highest BCUT2D eigenvalue weighted by atomic mass is 19.3. The highest BCUT2D eigenvalue weighted by Gasteiger charge is 2.42. The molecule has 11 nitrogen and oxygen atoms in total. The molecule has 0 heterocycles. The number of carbonyl (C=O) groups excluding carboxylic acids is 4. The Balaban J connectivity index is 0.000000721. The van der Waals surface area contributed by atoms with Crippen LogP contribution in [0.1, 0.15) is 86.5 Å². The third kappa shape index (κ3) is 19.4. The van der Waals surface area contributed by atoms with Crippen LogP contribution < -0.4 is 10.6 Å². The fourth-order valence-corrected chi connectivity index (χ4v) is 6.82. The molecule has 2 rings (SSSR count). The molecule has 0 spiro atoms. The molecule has 272 valence electrons. The monoisotopic (exact) mass is 690 g/mol. The van der Waals surface area contributed by atoms with Crippen LogP contribution in [0.5, 0.6) is 0 Å². The Morgan fingerprint density at radius 2 is 1.28 bits per heavy atom. The number of carbonyl (C=O) groups is 2. The predicted molar refractivity (Wildman–Crippen MR) is 158 cm³/mol.